The van der Waals surface area contributed by atoms with Gasteiger partial charge in [0.05, 0.1) is 0 Å². The van der Waals surface area contributed by atoms with Crippen LogP contribution >= 0.6 is 0 Å². The number of nitriles is 2. The van der Waals surface area contributed by atoms with Crippen LogP contribution in [0.3, 0.4) is 0 Å². The van der Waals surface area contributed by atoms with Gasteiger partial charge in [-0.1, -0.05) is 42.5 Å². The third-order valence-electron chi connectivity index (χ3n) is 3.08. The molecule has 3 heteroatoms. The Bertz CT molecular complexity index is 736. The summed E-state index contributed by atoms with van der Waals surface area (Å²) in [5.41, 5.74) is 2.94. The second-order valence-electron chi connectivity index (χ2n) is 4.63. The summed E-state index contributed by atoms with van der Waals surface area (Å²) in [6, 6.07) is 10.8. The maximum Gasteiger partial charge on any atom is 0.194 e. The number of fused-ring (bicyclic) bond motifs is 1. The monoisotopic (exact) mass is 260 g/mol. The van der Waals surface area contributed by atoms with Gasteiger partial charge < -0.3 is 0 Å². The van der Waals surface area contributed by atoms with Crippen LogP contribution in [-0.4, -0.2) is 5.78 Å². The zero-order valence-electron chi connectivity index (χ0n) is 11.1. The molecule has 96 valence electrons. The summed E-state index contributed by atoms with van der Waals surface area (Å²) in [4.78, 5) is 12.4. The number of benzene rings is 1. The van der Waals surface area contributed by atoms with Gasteiger partial charge in [-0.15, -0.1) is 0 Å². The average Bonchev–Trinajstić information content (AvgIpc) is 2.72. The van der Waals surface area contributed by atoms with Gasteiger partial charge in [-0.3, -0.25) is 4.79 Å². The first-order valence-corrected chi connectivity index (χ1v) is 6.13. The van der Waals surface area contributed by atoms with E-state index in [2.05, 4.69) is 6.58 Å². The summed E-state index contributed by atoms with van der Waals surface area (Å²) in [7, 11) is 0. The zero-order chi connectivity index (χ0) is 14.7. The van der Waals surface area contributed by atoms with Crippen molar-refractivity contribution in [3.63, 3.8) is 0 Å². The van der Waals surface area contributed by atoms with Crippen LogP contribution in [0.2, 0.25) is 0 Å². The number of carbonyl (C=O) groups is 1. The summed E-state index contributed by atoms with van der Waals surface area (Å²) in [5, 5.41) is 18.2. The molecule has 1 aromatic rings. The molecule has 20 heavy (non-hydrogen) atoms. The van der Waals surface area contributed by atoms with Gasteiger partial charge in [-0.2, -0.15) is 10.5 Å². The Morgan fingerprint density at radius 2 is 1.85 bits per heavy atom. The molecule has 0 saturated heterocycles. The average molecular weight is 260 g/mol. The number of rotatable bonds is 2. The molecule has 0 heterocycles. The van der Waals surface area contributed by atoms with Crippen molar-refractivity contribution in [1.82, 2.24) is 0 Å². The van der Waals surface area contributed by atoms with Crippen molar-refractivity contribution in [3.8, 4) is 12.1 Å². The molecule has 0 N–H and O–H groups in total. The number of ketones is 1. The summed E-state index contributed by atoms with van der Waals surface area (Å²) in [6.45, 7) is 5.66. The fraction of sp³-hybridized carbons (Fsp3) is 0.118. The van der Waals surface area contributed by atoms with Crippen molar-refractivity contribution >= 4 is 11.4 Å². The van der Waals surface area contributed by atoms with Crippen molar-refractivity contribution in [2.24, 2.45) is 0 Å². The van der Waals surface area contributed by atoms with Crippen LogP contribution in [0.5, 0.6) is 0 Å². The molecule has 0 amide bonds. The quantitative estimate of drug-likeness (QED) is 0.464. The number of hydrogen-bond donors (Lipinski definition) is 0. The molecular formula is C17H12N2O. The Kier molecular flexibility index (Phi) is 3.64. The van der Waals surface area contributed by atoms with Gasteiger partial charge in [-0.25, -0.2) is 0 Å². The Labute approximate surface area is 117 Å². The van der Waals surface area contributed by atoms with Crippen LogP contribution in [-0.2, 0) is 0 Å². The minimum Gasteiger partial charge on any atom is -0.289 e. The molecule has 0 saturated carbocycles. The van der Waals surface area contributed by atoms with Gasteiger partial charge >= 0.3 is 0 Å². The SMILES string of the molecule is C=C(C)C/C=C1\C(=O)c2ccccc2C1=C(C#N)C#N. The fourth-order valence-electron chi connectivity index (χ4n) is 2.18. The van der Waals surface area contributed by atoms with Gasteiger partial charge in [0.2, 0.25) is 0 Å². The summed E-state index contributed by atoms with van der Waals surface area (Å²) < 4.78 is 0. The highest BCUT2D eigenvalue weighted by atomic mass is 16.1. The van der Waals surface area contributed by atoms with E-state index in [0.29, 0.717) is 28.7 Å². The van der Waals surface area contributed by atoms with Crippen LogP contribution in [0, 0.1) is 22.7 Å². The van der Waals surface area contributed by atoms with Gasteiger partial charge in [0, 0.05) is 16.7 Å². The van der Waals surface area contributed by atoms with Crippen molar-refractivity contribution in [2.75, 3.05) is 0 Å². The van der Waals surface area contributed by atoms with Crippen molar-refractivity contribution in [2.45, 2.75) is 13.3 Å². The summed E-state index contributed by atoms with van der Waals surface area (Å²) in [5.74, 6) is -0.139. The van der Waals surface area contributed by atoms with E-state index in [-0.39, 0.29) is 11.4 Å². The smallest absolute Gasteiger partial charge is 0.194 e. The number of carbonyl (C=O) groups excluding carboxylic acids is 1. The van der Waals surface area contributed by atoms with E-state index >= 15 is 0 Å². The first kappa shape index (κ1) is 13.5. The van der Waals surface area contributed by atoms with Crippen LogP contribution in [0.25, 0.3) is 5.57 Å². The van der Waals surface area contributed by atoms with Crippen LogP contribution in [0.1, 0.15) is 29.3 Å². The predicted octanol–water partition coefficient (Wildman–Crippen LogP) is 3.58. The third kappa shape index (κ3) is 2.18. The minimum atomic E-state index is -0.139. The standard InChI is InChI=1S/C17H12N2O/c1-11(2)7-8-15-16(12(9-18)10-19)13-5-3-4-6-14(13)17(15)20/h3-6,8H,1,7H2,2H3/b15-8-. The number of nitrogens with zero attached hydrogens (tertiary/aromatic N) is 2. The van der Waals surface area contributed by atoms with Gasteiger partial charge in [0.25, 0.3) is 0 Å². The molecule has 0 radical (unpaired) electrons. The van der Waals surface area contributed by atoms with Crippen LogP contribution in [0.15, 0.2) is 53.6 Å². The molecule has 0 spiro atoms. The van der Waals surface area contributed by atoms with Gasteiger partial charge in [-0.05, 0) is 18.9 Å². The highest BCUT2D eigenvalue weighted by molar-refractivity contribution is 6.27. The van der Waals surface area contributed by atoms with E-state index in [1.807, 2.05) is 19.1 Å². The lowest BCUT2D eigenvalue weighted by Gasteiger charge is -2.01. The van der Waals surface area contributed by atoms with Crippen LogP contribution in [0.4, 0.5) is 0 Å². The molecule has 1 aromatic carbocycles. The summed E-state index contributed by atoms with van der Waals surface area (Å²) >= 11 is 0. The fourth-order valence-corrected chi connectivity index (χ4v) is 2.18. The molecule has 1 aliphatic carbocycles. The Morgan fingerprint density at radius 1 is 1.25 bits per heavy atom. The second-order valence-corrected chi connectivity index (χ2v) is 4.63. The molecule has 1 aliphatic rings. The molecule has 0 aliphatic heterocycles. The van der Waals surface area contributed by atoms with Crippen molar-refractivity contribution in [1.29, 1.82) is 10.5 Å². The maximum atomic E-state index is 12.4. The lowest BCUT2D eigenvalue weighted by molar-refractivity contribution is 0.104. The lowest BCUT2D eigenvalue weighted by Crippen LogP contribution is -1.96. The maximum absolute atomic E-state index is 12.4. The zero-order valence-corrected chi connectivity index (χ0v) is 11.1. The lowest BCUT2D eigenvalue weighted by atomic mass is 9.98. The molecule has 3 nitrogen and oxygen atoms in total. The molecule has 0 atom stereocenters. The Hall–Kier alpha value is -2.91. The highest BCUT2D eigenvalue weighted by Gasteiger charge is 2.31. The van der Waals surface area contributed by atoms with E-state index in [4.69, 9.17) is 10.5 Å². The Balaban J connectivity index is 2.72. The molecule has 0 unspecified atom stereocenters. The molecule has 0 fully saturated rings. The van der Waals surface area contributed by atoms with Crippen molar-refractivity contribution in [3.05, 3.63) is 64.8 Å². The van der Waals surface area contributed by atoms with Crippen LogP contribution < -0.4 is 0 Å². The molecule has 0 aromatic heterocycles. The number of Topliss-reactive ketones (excluding diaryl/α,β-unsaturated/α-hetero) is 1. The van der Waals surface area contributed by atoms with E-state index in [0.717, 1.165) is 5.57 Å². The predicted molar refractivity (Wildman–Crippen MR) is 76.4 cm³/mol. The van der Waals surface area contributed by atoms with E-state index in [1.54, 1.807) is 30.3 Å². The van der Waals surface area contributed by atoms with Crippen molar-refractivity contribution < 1.29 is 4.79 Å². The van der Waals surface area contributed by atoms with Gasteiger partial charge in [0.1, 0.15) is 17.7 Å². The Morgan fingerprint density at radius 3 is 2.40 bits per heavy atom. The first-order valence-electron chi connectivity index (χ1n) is 6.13. The minimum absolute atomic E-state index is 0.0312. The second kappa shape index (κ2) is 5.38. The largest absolute Gasteiger partial charge is 0.289 e. The third-order valence-corrected chi connectivity index (χ3v) is 3.08. The normalized spacial score (nSPS) is 14.7. The van der Waals surface area contributed by atoms with E-state index < -0.39 is 0 Å². The number of allylic oxidation sites excluding steroid dienone is 5. The van der Waals surface area contributed by atoms with Gasteiger partial charge in [0.15, 0.2) is 5.78 Å². The first-order chi connectivity index (χ1) is 9.60. The highest BCUT2D eigenvalue weighted by Crippen LogP contribution is 2.38. The molecular weight excluding hydrogens is 248 g/mol. The molecule has 2 rings (SSSR count). The topological polar surface area (TPSA) is 64.7 Å². The molecule has 0 bridgehead atoms. The number of hydrogen-bond acceptors (Lipinski definition) is 3. The van der Waals surface area contributed by atoms with E-state index in [9.17, 15) is 4.79 Å². The summed E-state index contributed by atoms with van der Waals surface area (Å²) in [6.07, 6.45) is 2.29. The van der Waals surface area contributed by atoms with E-state index in [1.165, 1.54) is 0 Å².